The maximum absolute atomic E-state index is 12.6. The van der Waals surface area contributed by atoms with Gasteiger partial charge in [0.15, 0.2) is 0 Å². The lowest BCUT2D eigenvalue weighted by Crippen LogP contribution is -2.42. The van der Waals surface area contributed by atoms with Crippen molar-refractivity contribution in [1.29, 1.82) is 0 Å². The first-order chi connectivity index (χ1) is 16.6. The molecule has 9 heteroatoms. The Kier molecular flexibility index (Phi) is 9.12. The van der Waals surface area contributed by atoms with Crippen molar-refractivity contribution in [3.05, 3.63) is 59.3 Å². The van der Waals surface area contributed by atoms with Crippen molar-refractivity contribution >= 4 is 11.8 Å². The standard InChI is InChI=1S/C26H32F3N3O3/c1-18(2)20-5-3-19(4-6-20)11-14-30-23(33)8-10-25(34)32-15-12-22(13-16-32)35-24-9-7-21(17-31-24)26(27,28)29/h3-7,9,17-18,22H,8,10-16H2,1-2H3,(H,30,33). The molecule has 0 radical (unpaired) electrons. The first kappa shape index (κ1) is 26.5. The van der Waals surface area contributed by atoms with E-state index in [4.69, 9.17) is 4.74 Å². The highest BCUT2D eigenvalue weighted by molar-refractivity contribution is 5.83. The molecule has 0 aliphatic carbocycles. The van der Waals surface area contributed by atoms with Crippen LogP contribution in [0.5, 0.6) is 5.88 Å². The molecule has 0 atom stereocenters. The molecule has 1 aliphatic heterocycles. The topological polar surface area (TPSA) is 71.5 Å². The number of likely N-dealkylation sites (tertiary alicyclic amines) is 1. The van der Waals surface area contributed by atoms with Crippen LogP contribution in [0.25, 0.3) is 0 Å². The predicted molar refractivity (Wildman–Crippen MR) is 126 cm³/mol. The Bertz CT molecular complexity index is 968. The van der Waals surface area contributed by atoms with E-state index in [1.54, 1.807) is 4.90 Å². The quantitative estimate of drug-likeness (QED) is 0.551. The summed E-state index contributed by atoms with van der Waals surface area (Å²) in [5, 5.41) is 2.87. The Hall–Kier alpha value is -3.10. The molecule has 1 N–H and O–H groups in total. The molecular formula is C26H32F3N3O3. The highest BCUT2D eigenvalue weighted by atomic mass is 19.4. The lowest BCUT2D eigenvalue weighted by molar-refractivity contribution is -0.137. The first-order valence-electron chi connectivity index (χ1n) is 11.9. The number of aromatic nitrogens is 1. The zero-order valence-electron chi connectivity index (χ0n) is 20.1. The summed E-state index contributed by atoms with van der Waals surface area (Å²) in [5.41, 5.74) is 1.61. The second kappa shape index (κ2) is 12.0. The fourth-order valence-electron chi connectivity index (χ4n) is 3.89. The molecule has 1 aromatic carbocycles. The summed E-state index contributed by atoms with van der Waals surface area (Å²) in [6.45, 7) is 5.76. The van der Waals surface area contributed by atoms with Crippen LogP contribution in [0.2, 0.25) is 0 Å². The number of hydrogen-bond acceptors (Lipinski definition) is 4. The van der Waals surface area contributed by atoms with E-state index >= 15 is 0 Å². The SMILES string of the molecule is CC(C)c1ccc(CCNC(=O)CCC(=O)N2CCC(Oc3ccc(C(F)(F)F)cn3)CC2)cc1. The van der Waals surface area contributed by atoms with Crippen molar-refractivity contribution in [3.8, 4) is 5.88 Å². The normalized spacial score (nSPS) is 14.7. The molecule has 1 fully saturated rings. The number of amides is 2. The minimum absolute atomic E-state index is 0.0875. The van der Waals surface area contributed by atoms with Crippen molar-refractivity contribution < 1.29 is 27.5 Å². The van der Waals surface area contributed by atoms with Gasteiger partial charge in [0.05, 0.1) is 5.56 Å². The third kappa shape index (κ3) is 8.26. The van der Waals surface area contributed by atoms with Crippen LogP contribution >= 0.6 is 0 Å². The van der Waals surface area contributed by atoms with Crippen molar-refractivity contribution in [2.45, 2.75) is 64.1 Å². The summed E-state index contributed by atoms with van der Waals surface area (Å²) in [6, 6.07) is 10.5. The largest absolute Gasteiger partial charge is 0.474 e. The van der Waals surface area contributed by atoms with Gasteiger partial charge in [0, 0.05) is 57.6 Å². The van der Waals surface area contributed by atoms with Crippen LogP contribution in [-0.4, -0.2) is 47.4 Å². The van der Waals surface area contributed by atoms with Gasteiger partial charge in [-0.05, 0) is 29.5 Å². The van der Waals surface area contributed by atoms with Gasteiger partial charge < -0.3 is 15.0 Å². The van der Waals surface area contributed by atoms with E-state index in [1.165, 1.54) is 11.6 Å². The second-order valence-electron chi connectivity index (χ2n) is 9.08. The van der Waals surface area contributed by atoms with Crippen LogP contribution in [-0.2, 0) is 22.2 Å². The second-order valence-corrected chi connectivity index (χ2v) is 9.08. The molecule has 1 aromatic heterocycles. The minimum atomic E-state index is -4.44. The van der Waals surface area contributed by atoms with E-state index in [0.29, 0.717) is 38.4 Å². The van der Waals surface area contributed by atoms with Gasteiger partial charge in [0.2, 0.25) is 17.7 Å². The van der Waals surface area contributed by atoms with E-state index in [9.17, 15) is 22.8 Å². The van der Waals surface area contributed by atoms with E-state index in [2.05, 4.69) is 48.4 Å². The number of carbonyl (C=O) groups is 2. The van der Waals surface area contributed by atoms with Gasteiger partial charge in [0.25, 0.3) is 0 Å². The molecule has 190 valence electrons. The molecule has 0 unspecified atom stereocenters. The average Bonchev–Trinajstić information content (AvgIpc) is 2.83. The maximum atomic E-state index is 12.6. The van der Waals surface area contributed by atoms with Crippen molar-refractivity contribution in [1.82, 2.24) is 15.2 Å². The zero-order valence-corrected chi connectivity index (χ0v) is 20.1. The predicted octanol–water partition coefficient (Wildman–Crippen LogP) is 4.73. The van der Waals surface area contributed by atoms with Crippen LogP contribution in [0.4, 0.5) is 13.2 Å². The summed E-state index contributed by atoms with van der Waals surface area (Å²) >= 11 is 0. The third-order valence-corrected chi connectivity index (χ3v) is 6.09. The summed E-state index contributed by atoms with van der Waals surface area (Å²) in [6.07, 6.45) is -1.79. The molecule has 2 amide bonds. The third-order valence-electron chi connectivity index (χ3n) is 6.09. The van der Waals surface area contributed by atoms with Crippen molar-refractivity contribution in [2.75, 3.05) is 19.6 Å². The van der Waals surface area contributed by atoms with Gasteiger partial charge in [-0.15, -0.1) is 0 Å². The molecule has 2 heterocycles. The molecule has 1 saturated heterocycles. The molecule has 35 heavy (non-hydrogen) atoms. The fourth-order valence-corrected chi connectivity index (χ4v) is 3.89. The van der Waals surface area contributed by atoms with Crippen LogP contribution in [0, 0.1) is 0 Å². The Morgan fingerprint density at radius 2 is 1.77 bits per heavy atom. The molecule has 2 aromatic rings. The Labute approximate surface area is 203 Å². The van der Waals surface area contributed by atoms with Gasteiger partial charge in [-0.25, -0.2) is 4.98 Å². The summed E-state index contributed by atoms with van der Waals surface area (Å²) in [7, 11) is 0. The lowest BCUT2D eigenvalue weighted by atomic mass is 10.0. The Morgan fingerprint density at radius 1 is 1.09 bits per heavy atom. The molecular weight excluding hydrogens is 459 g/mol. The van der Waals surface area contributed by atoms with Gasteiger partial charge in [-0.3, -0.25) is 9.59 Å². The summed E-state index contributed by atoms with van der Waals surface area (Å²) < 4.78 is 43.6. The van der Waals surface area contributed by atoms with Crippen LogP contribution in [0.3, 0.4) is 0 Å². The maximum Gasteiger partial charge on any atom is 0.417 e. The van der Waals surface area contributed by atoms with Crippen molar-refractivity contribution in [3.63, 3.8) is 0 Å². The number of benzene rings is 1. The first-order valence-corrected chi connectivity index (χ1v) is 11.9. The smallest absolute Gasteiger partial charge is 0.417 e. The van der Waals surface area contributed by atoms with Crippen molar-refractivity contribution in [2.24, 2.45) is 0 Å². The number of hydrogen-bond donors (Lipinski definition) is 1. The number of alkyl halides is 3. The number of ether oxygens (including phenoxy) is 1. The van der Waals surface area contributed by atoms with Crippen LogP contribution < -0.4 is 10.1 Å². The number of piperidine rings is 1. The molecule has 6 nitrogen and oxygen atoms in total. The summed E-state index contributed by atoms with van der Waals surface area (Å²) in [4.78, 5) is 30.0. The van der Waals surface area contributed by atoms with Gasteiger partial charge >= 0.3 is 6.18 Å². The number of nitrogens with zero attached hydrogens (tertiary/aromatic N) is 2. The fraction of sp³-hybridized carbons (Fsp3) is 0.500. The molecule has 1 aliphatic rings. The lowest BCUT2D eigenvalue weighted by Gasteiger charge is -2.32. The molecule has 3 rings (SSSR count). The van der Waals surface area contributed by atoms with Crippen LogP contribution in [0.1, 0.15) is 62.1 Å². The highest BCUT2D eigenvalue weighted by Gasteiger charge is 2.31. The zero-order chi connectivity index (χ0) is 25.4. The van der Waals surface area contributed by atoms with E-state index in [0.717, 1.165) is 24.2 Å². The van der Waals surface area contributed by atoms with Gasteiger partial charge in [-0.2, -0.15) is 13.2 Å². The number of halogens is 3. The van der Waals surface area contributed by atoms with E-state index < -0.39 is 11.7 Å². The number of pyridine rings is 1. The minimum Gasteiger partial charge on any atom is -0.474 e. The molecule has 0 saturated carbocycles. The Balaban J connectivity index is 1.32. The number of nitrogens with one attached hydrogen (secondary N) is 1. The van der Waals surface area contributed by atoms with Crippen LogP contribution in [0.15, 0.2) is 42.6 Å². The highest BCUT2D eigenvalue weighted by Crippen LogP contribution is 2.29. The monoisotopic (exact) mass is 491 g/mol. The Morgan fingerprint density at radius 3 is 2.34 bits per heavy atom. The number of carbonyl (C=O) groups excluding carboxylic acids is 2. The molecule has 0 bridgehead atoms. The van der Waals surface area contributed by atoms with Gasteiger partial charge in [0.1, 0.15) is 6.10 Å². The number of rotatable bonds is 9. The van der Waals surface area contributed by atoms with E-state index in [-0.39, 0.29) is 36.6 Å². The van der Waals surface area contributed by atoms with Gasteiger partial charge in [-0.1, -0.05) is 38.1 Å². The average molecular weight is 492 g/mol. The van der Waals surface area contributed by atoms with E-state index in [1.807, 2.05) is 0 Å². The molecule has 0 spiro atoms. The summed E-state index contributed by atoms with van der Waals surface area (Å²) in [5.74, 6) is 0.380.